The van der Waals surface area contributed by atoms with Crippen molar-refractivity contribution in [2.24, 2.45) is 0 Å². The van der Waals surface area contributed by atoms with E-state index in [2.05, 4.69) is 26.3 Å². The molecule has 1 aliphatic rings. The molecule has 0 bridgehead atoms. The first-order chi connectivity index (χ1) is 19.2. The molecule has 3 N–H and O–H groups in total. The Labute approximate surface area is 237 Å². The lowest BCUT2D eigenvalue weighted by atomic mass is 9.96. The van der Waals surface area contributed by atoms with Crippen molar-refractivity contribution in [1.29, 1.82) is 0 Å². The van der Waals surface area contributed by atoms with Gasteiger partial charge in [-0.15, -0.1) is 0 Å². The van der Waals surface area contributed by atoms with E-state index >= 15 is 0 Å². The molecule has 1 fully saturated rings. The summed E-state index contributed by atoms with van der Waals surface area (Å²) in [6, 6.07) is 19.8. The predicted molar refractivity (Wildman–Crippen MR) is 157 cm³/mol. The summed E-state index contributed by atoms with van der Waals surface area (Å²) >= 11 is 5.89. The Morgan fingerprint density at radius 2 is 1.77 bits per heavy atom. The van der Waals surface area contributed by atoms with Crippen LogP contribution in [-0.4, -0.2) is 38.8 Å². The van der Waals surface area contributed by atoms with Gasteiger partial charge in [0, 0.05) is 35.9 Å². The zero-order valence-corrected chi connectivity index (χ0v) is 23.3. The van der Waals surface area contributed by atoms with Gasteiger partial charge in [0.1, 0.15) is 5.75 Å². The minimum Gasteiger partial charge on any atom is -0.495 e. The molecule has 0 spiro atoms. The molecular weight excluding hydrogens is 526 g/mol. The van der Waals surface area contributed by atoms with Crippen LogP contribution in [0.25, 0.3) is 5.69 Å². The molecule has 0 radical (unpaired) electrons. The Balaban J connectivity index is 1.66. The number of carbonyl (C=O) groups excluding carboxylic acids is 1. The normalized spacial score (nSPS) is 16.5. The van der Waals surface area contributed by atoms with E-state index in [-0.39, 0.29) is 23.6 Å². The summed E-state index contributed by atoms with van der Waals surface area (Å²) in [5, 5.41) is 16.2. The van der Waals surface area contributed by atoms with Crippen molar-refractivity contribution in [3.05, 3.63) is 101 Å². The Bertz CT molecular complexity index is 1600. The second-order valence-electron chi connectivity index (χ2n) is 9.58. The first-order valence-electron chi connectivity index (χ1n) is 12.7. The average molecular weight is 556 g/mol. The number of carbonyl (C=O) groups is 2. The van der Waals surface area contributed by atoms with Crippen LogP contribution in [0.5, 0.6) is 5.75 Å². The van der Waals surface area contributed by atoms with Gasteiger partial charge in [0.2, 0.25) is 5.91 Å². The number of nitrogens with zero attached hydrogens (tertiary/aromatic N) is 3. The molecule has 5 rings (SSSR count). The number of methoxy groups -OCH3 is 1. The summed E-state index contributed by atoms with van der Waals surface area (Å²) in [5.41, 5.74) is 6.25. The first-order valence-corrected chi connectivity index (χ1v) is 13.1. The zero-order valence-electron chi connectivity index (χ0n) is 22.5. The lowest BCUT2D eigenvalue weighted by Crippen LogP contribution is -2.29. The SMILES string of the molecule is COc1ccc(N2C(=S)NC(c3ccccn3)C2c2cc(C)n(-c3ccc(C(=O)O)cc3)c2C)cc1NC(C)=O. The van der Waals surface area contributed by atoms with Gasteiger partial charge >= 0.3 is 5.97 Å². The molecule has 0 aliphatic carbocycles. The summed E-state index contributed by atoms with van der Waals surface area (Å²) in [6.07, 6.45) is 1.76. The minimum absolute atomic E-state index is 0.210. The van der Waals surface area contributed by atoms with Crippen LogP contribution in [0, 0.1) is 13.8 Å². The van der Waals surface area contributed by atoms with Gasteiger partial charge in [-0.1, -0.05) is 6.07 Å². The van der Waals surface area contributed by atoms with E-state index in [9.17, 15) is 14.7 Å². The maximum atomic E-state index is 11.9. The highest BCUT2D eigenvalue weighted by atomic mass is 32.1. The number of aryl methyl sites for hydroxylation is 1. The van der Waals surface area contributed by atoms with Gasteiger partial charge in [-0.05, 0) is 92.3 Å². The minimum atomic E-state index is -0.967. The number of anilines is 2. The molecule has 2 aromatic heterocycles. The van der Waals surface area contributed by atoms with Gasteiger partial charge in [0.25, 0.3) is 0 Å². The molecule has 2 aromatic carbocycles. The summed E-state index contributed by atoms with van der Waals surface area (Å²) in [6.45, 7) is 5.51. The second kappa shape index (κ2) is 10.8. The quantitative estimate of drug-likeness (QED) is 0.263. The largest absolute Gasteiger partial charge is 0.495 e. The molecule has 0 saturated carbocycles. The Hall–Kier alpha value is -4.70. The predicted octanol–water partition coefficient (Wildman–Crippen LogP) is 5.33. The highest BCUT2D eigenvalue weighted by Crippen LogP contribution is 2.45. The van der Waals surface area contributed by atoms with Crippen LogP contribution in [0.15, 0.2) is 72.9 Å². The van der Waals surface area contributed by atoms with Crippen molar-refractivity contribution >= 4 is 40.6 Å². The lowest BCUT2D eigenvalue weighted by Gasteiger charge is -2.29. The highest BCUT2D eigenvalue weighted by molar-refractivity contribution is 7.80. The Morgan fingerprint density at radius 3 is 2.40 bits per heavy atom. The highest BCUT2D eigenvalue weighted by Gasteiger charge is 2.42. The van der Waals surface area contributed by atoms with E-state index in [1.807, 2.05) is 67.3 Å². The van der Waals surface area contributed by atoms with Crippen LogP contribution in [0.4, 0.5) is 11.4 Å². The molecule has 9 nitrogen and oxygen atoms in total. The summed E-state index contributed by atoms with van der Waals surface area (Å²) in [5.74, 6) is -0.638. The lowest BCUT2D eigenvalue weighted by molar-refractivity contribution is -0.114. The standard InChI is InChI=1S/C30H29N5O4S/c1-17-15-23(18(2)34(17)21-10-8-20(9-11-21)29(37)38)28-27(24-7-5-6-14-31-24)33-30(40)35(28)22-12-13-26(39-4)25(16-22)32-19(3)36/h5-16,27-28H,1-4H3,(H,32,36)(H,33,40)(H,37,38). The van der Waals surface area contributed by atoms with E-state index in [0.717, 1.165) is 34.0 Å². The number of rotatable bonds is 7. The number of aromatic nitrogens is 2. The average Bonchev–Trinajstić information content (AvgIpc) is 3.43. The monoisotopic (exact) mass is 555 g/mol. The smallest absolute Gasteiger partial charge is 0.335 e. The van der Waals surface area contributed by atoms with Gasteiger partial charge in [-0.25, -0.2) is 4.79 Å². The fourth-order valence-electron chi connectivity index (χ4n) is 5.32. The summed E-state index contributed by atoms with van der Waals surface area (Å²) in [4.78, 5) is 30.0. The van der Waals surface area contributed by atoms with Gasteiger partial charge in [0.15, 0.2) is 5.11 Å². The second-order valence-corrected chi connectivity index (χ2v) is 9.96. The third-order valence-corrected chi connectivity index (χ3v) is 7.35. The molecule has 2 unspecified atom stereocenters. The summed E-state index contributed by atoms with van der Waals surface area (Å²) in [7, 11) is 1.56. The van der Waals surface area contributed by atoms with Crippen LogP contribution >= 0.6 is 12.2 Å². The molecule has 1 amide bonds. The maximum absolute atomic E-state index is 11.9. The van der Waals surface area contributed by atoms with Crippen molar-refractivity contribution in [2.45, 2.75) is 32.9 Å². The number of carboxylic acids is 1. The van der Waals surface area contributed by atoms with Gasteiger partial charge in [0.05, 0.1) is 36.1 Å². The first kappa shape index (κ1) is 26.9. The van der Waals surface area contributed by atoms with Crippen molar-refractivity contribution < 1.29 is 19.4 Å². The number of pyridine rings is 1. The number of aromatic carboxylic acids is 1. The van der Waals surface area contributed by atoms with Gasteiger partial charge in [-0.3, -0.25) is 9.78 Å². The molecule has 3 heterocycles. The number of ether oxygens (including phenoxy) is 1. The van der Waals surface area contributed by atoms with Crippen LogP contribution in [0.2, 0.25) is 0 Å². The number of hydrogen-bond acceptors (Lipinski definition) is 5. The molecule has 204 valence electrons. The molecule has 1 saturated heterocycles. The fraction of sp³-hybridized carbons (Fsp3) is 0.200. The molecule has 4 aromatic rings. The fourth-order valence-corrected chi connectivity index (χ4v) is 5.67. The van der Waals surface area contributed by atoms with E-state index in [4.69, 9.17) is 17.0 Å². The van der Waals surface area contributed by atoms with Crippen molar-refractivity contribution in [2.75, 3.05) is 17.3 Å². The third kappa shape index (κ3) is 4.89. The van der Waals surface area contributed by atoms with Crippen LogP contribution in [-0.2, 0) is 4.79 Å². The zero-order chi connectivity index (χ0) is 28.6. The maximum Gasteiger partial charge on any atom is 0.335 e. The molecular formula is C30H29N5O4S. The van der Waals surface area contributed by atoms with Crippen molar-refractivity contribution in [3.63, 3.8) is 0 Å². The molecule has 1 aliphatic heterocycles. The van der Waals surface area contributed by atoms with Gasteiger partial charge < -0.3 is 29.9 Å². The number of amides is 1. The number of nitrogens with one attached hydrogen (secondary N) is 2. The number of thiocarbonyl (C=S) groups is 1. The number of hydrogen-bond donors (Lipinski definition) is 3. The number of benzene rings is 2. The van der Waals surface area contributed by atoms with Crippen LogP contribution in [0.3, 0.4) is 0 Å². The van der Waals surface area contributed by atoms with Crippen molar-refractivity contribution in [3.8, 4) is 11.4 Å². The molecule has 40 heavy (non-hydrogen) atoms. The van der Waals surface area contributed by atoms with E-state index < -0.39 is 5.97 Å². The molecule has 2 atom stereocenters. The Kier molecular flexibility index (Phi) is 7.27. The Morgan fingerprint density at radius 1 is 1.05 bits per heavy atom. The summed E-state index contributed by atoms with van der Waals surface area (Å²) < 4.78 is 7.58. The molecule has 10 heteroatoms. The van der Waals surface area contributed by atoms with E-state index in [1.54, 1.807) is 25.4 Å². The van der Waals surface area contributed by atoms with Crippen LogP contribution < -0.4 is 20.3 Å². The topological polar surface area (TPSA) is 109 Å². The van der Waals surface area contributed by atoms with Crippen LogP contribution in [0.1, 0.15) is 52.0 Å². The third-order valence-electron chi connectivity index (χ3n) is 7.03. The van der Waals surface area contributed by atoms with E-state index in [0.29, 0.717) is 16.5 Å². The number of carboxylic acid groups (broad SMARTS) is 1. The van der Waals surface area contributed by atoms with E-state index in [1.165, 1.54) is 6.92 Å². The van der Waals surface area contributed by atoms with Crippen molar-refractivity contribution in [1.82, 2.24) is 14.9 Å². The van der Waals surface area contributed by atoms with Gasteiger partial charge in [-0.2, -0.15) is 0 Å².